The number of piperidine rings is 1. The molecular weight excluding hydrogens is 462 g/mol. The zero-order chi connectivity index (χ0) is 24.7. The van der Waals surface area contributed by atoms with Crippen LogP contribution in [-0.4, -0.2) is 64.5 Å². The number of sulfonamides is 1. The Kier molecular flexibility index (Phi) is 6.76. The summed E-state index contributed by atoms with van der Waals surface area (Å²) in [7, 11) is -3.22. The van der Waals surface area contributed by atoms with Crippen molar-refractivity contribution < 1.29 is 13.2 Å². The lowest BCUT2D eigenvalue weighted by Gasteiger charge is -2.41. The van der Waals surface area contributed by atoms with Crippen LogP contribution in [0, 0.1) is 6.92 Å². The highest BCUT2D eigenvalue weighted by molar-refractivity contribution is 7.88. The Morgan fingerprint density at radius 3 is 2.46 bits per heavy atom. The quantitative estimate of drug-likeness (QED) is 0.633. The van der Waals surface area contributed by atoms with Crippen molar-refractivity contribution in [2.45, 2.75) is 83.1 Å². The van der Waals surface area contributed by atoms with Crippen molar-refractivity contribution >= 4 is 15.9 Å². The molecule has 9 heteroatoms. The van der Waals surface area contributed by atoms with Crippen LogP contribution in [0.2, 0.25) is 0 Å². The molecule has 0 aliphatic carbocycles. The maximum absolute atomic E-state index is 12.2. The second-order valence-electron chi connectivity index (χ2n) is 10.5. The number of carbonyl (C=O) groups excluding carboxylic acids is 1. The minimum Gasteiger partial charge on any atom is -0.349 e. The lowest BCUT2D eigenvalue weighted by molar-refractivity contribution is -0.119. The average molecular weight is 500 g/mol. The van der Waals surface area contributed by atoms with Crippen molar-refractivity contribution in [3.8, 4) is 0 Å². The highest BCUT2D eigenvalue weighted by atomic mass is 32.2. The number of fused-ring (bicyclic) bond motifs is 3. The summed E-state index contributed by atoms with van der Waals surface area (Å²) in [5.74, 6) is 1.02. The summed E-state index contributed by atoms with van der Waals surface area (Å²) in [6.07, 6.45) is 7.40. The molecule has 0 unspecified atom stereocenters. The summed E-state index contributed by atoms with van der Waals surface area (Å²) in [6.45, 7) is 5.56. The number of rotatable bonds is 7. The van der Waals surface area contributed by atoms with E-state index < -0.39 is 10.0 Å². The van der Waals surface area contributed by atoms with Gasteiger partial charge in [-0.1, -0.05) is 30.3 Å². The molecule has 1 aromatic heterocycles. The predicted molar refractivity (Wildman–Crippen MR) is 135 cm³/mol. The van der Waals surface area contributed by atoms with Crippen LogP contribution >= 0.6 is 0 Å². The maximum Gasteiger partial charge on any atom is 0.217 e. The zero-order valence-electron chi connectivity index (χ0n) is 21.0. The molecule has 3 aliphatic rings. The number of amides is 1. The van der Waals surface area contributed by atoms with Crippen molar-refractivity contribution in [2.75, 3.05) is 19.3 Å². The number of nitrogens with one attached hydrogen (secondary N) is 1. The molecule has 1 aromatic carbocycles. The number of hydrogen-bond donors (Lipinski definition) is 1. The van der Waals surface area contributed by atoms with Gasteiger partial charge in [-0.15, -0.1) is 0 Å². The fourth-order valence-corrected chi connectivity index (χ4v) is 7.39. The van der Waals surface area contributed by atoms with Crippen LogP contribution in [0.1, 0.15) is 73.9 Å². The molecule has 8 nitrogen and oxygen atoms in total. The van der Waals surface area contributed by atoms with Gasteiger partial charge in [0, 0.05) is 44.6 Å². The van der Waals surface area contributed by atoms with Gasteiger partial charge >= 0.3 is 0 Å². The molecule has 4 atom stereocenters. The largest absolute Gasteiger partial charge is 0.349 e. The van der Waals surface area contributed by atoms with Crippen LogP contribution in [0.4, 0.5) is 0 Å². The first kappa shape index (κ1) is 24.5. The number of hydrogen-bond acceptors (Lipinski definition) is 5. The maximum atomic E-state index is 12.2. The van der Waals surface area contributed by atoms with Gasteiger partial charge < -0.3 is 9.88 Å². The standard InChI is InChI=1S/C26H37N5O3S/c1-18-27-25-11-13-29(35(3,33)34)17-26(25)31(18)23-15-21-9-10-22(16-23)30(21)14-12-24(28-19(2)32)20-7-5-4-6-8-20/h4-8,21-24H,9-17H2,1-3H3,(H,28,32)/t21-,22+,23+,24-/m0/s1. The summed E-state index contributed by atoms with van der Waals surface area (Å²) in [5, 5.41) is 3.14. The van der Waals surface area contributed by atoms with Crippen molar-refractivity contribution in [1.82, 2.24) is 24.1 Å². The molecule has 2 aromatic rings. The van der Waals surface area contributed by atoms with E-state index in [0.29, 0.717) is 37.6 Å². The minimum atomic E-state index is -3.22. The number of benzene rings is 1. The lowest BCUT2D eigenvalue weighted by atomic mass is 9.95. The Labute approximate surface area is 208 Å². The molecular formula is C26H37N5O3S. The number of imidazole rings is 1. The first-order valence-corrected chi connectivity index (χ1v) is 14.6. The normalized spacial score (nSPS) is 25.9. The van der Waals surface area contributed by atoms with Crippen LogP contribution in [0.5, 0.6) is 0 Å². The Morgan fingerprint density at radius 2 is 1.83 bits per heavy atom. The summed E-state index contributed by atoms with van der Waals surface area (Å²) >= 11 is 0. The average Bonchev–Trinajstić information content (AvgIpc) is 3.26. The fraction of sp³-hybridized carbons (Fsp3) is 0.615. The van der Waals surface area contributed by atoms with E-state index in [1.54, 1.807) is 11.2 Å². The highest BCUT2D eigenvalue weighted by Crippen LogP contribution is 2.43. The minimum absolute atomic E-state index is 0.00373. The van der Waals surface area contributed by atoms with E-state index in [0.717, 1.165) is 48.6 Å². The van der Waals surface area contributed by atoms with Crippen molar-refractivity contribution in [3.63, 3.8) is 0 Å². The van der Waals surface area contributed by atoms with E-state index in [-0.39, 0.29) is 11.9 Å². The molecule has 2 fully saturated rings. The Morgan fingerprint density at radius 1 is 1.14 bits per heavy atom. The summed E-state index contributed by atoms with van der Waals surface area (Å²) in [6, 6.07) is 11.6. The van der Waals surface area contributed by atoms with Gasteiger partial charge in [-0.3, -0.25) is 9.69 Å². The van der Waals surface area contributed by atoms with Crippen LogP contribution in [0.25, 0.3) is 0 Å². The van der Waals surface area contributed by atoms with E-state index in [9.17, 15) is 13.2 Å². The molecule has 0 radical (unpaired) electrons. The van der Waals surface area contributed by atoms with Gasteiger partial charge in [0.15, 0.2) is 0 Å². The van der Waals surface area contributed by atoms with Crippen LogP contribution in [0.15, 0.2) is 30.3 Å². The number of aryl methyl sites for hydroxylation is 1. The van der Waals surface area contributed by atoms with Crippen LogP contribution in [0.3, 0.4) is 0 Å². The number of nitrogens with zero attached hydrogens (tertiary/aromatic N) is 4. The van der Waals surface area contributed by atoms with Crippen LogP contribution < -0.4 is 5.32 Å². The molecule has 1 N–H and O–H groups in total. The van der Waals surface area contributed by atoms with Gasteiger partial charge in [-0.2, -0.15) is 4.31 Å². The molecule has 190 valence electrons. The first-order valence-electron chi connectivity index (χ1n) is 12.8. The van der Waals surface area contributed by atoms with E-state index in [4.69, 9.17) is 4.98 Å². The SMILES string of the molecule is CC(=O)N[C@@H](CCN1[C@@H]2CC[C@H]1C[C@@H](n1c(C)nc3c1CN(S(C)(=O)=O)CC3)C2)c1ccccc1. The van der Waals surface area contributed by atoms with Gasteiger partial charge in [0.05, 0.1) is 30.2 Å². The molecule has 4 heterocycles. The van der Waals surface area contributed by atoms with E-state index in [1.165, 1.54) is 19.1 Å². The molecule has 35 heavy (non-hydrogen) atoms. The van der Waals surface area contributed by atoms with Crippen LogP contribution in [-0.2, 0) is 27.8 Å². The summed E-state index contributed by atoms with van der Waals surface area (Å²) < 4.78 is 28.4. The Balaban J connectivity index is 1.29. The monoisotopic (exact) mass is 499 g/mol. The zero-order valence-corrected chi connectivity index (χ0v) is 21.8. The number of carbonyl (C=O) groups is 1. The van der Waals surface area contributed by atoms with Gasteiger partial charge in [0.25, 0.3) is 0 Å². The third-order valence-corrected chi connectivity index (χ3v) is 9.39. The Hall–Kier alpha value is -2.23. The summed E-state index contributed by atoms with van der Waals surface area (Å²) in [4.78, 5) is 19.4. The van der Waals surface area contributed by atoms with E-state index in [1.807, 2.05) is 18.2 Å². The first-order chi connectivity index (χ1) is 16.7. The van der Waals surface area contributed by atoms with E-state index >= 15 is 0 Å². The van der Waals surface area contributed by atoms with Gasteiger partial charge in [-0.25, -0.2) is 13.4 Å². The topological polar surface area (TPSA) is 87.5 Å². The molecule has 0 saturated carbocycles. The van der Waals surface area contributed by atoms with Gasteiger partial charge in [0.1, 0.15) is 5.82 Å². The third kappa shape index (κ3) is 5.04. The molecule has 2 bridgehead atoms. The Bertz CT molecular complexity index is 1170. The summed E-state index contributed by atoms with van der Waals surface area (Å²) in [5.41, 5.74) is 3.31. The molecule has 1 amide bonds. The second-order valence-corrected chi connectivity index (χ2v) is 12.5. The molecule has 3 aliphatic heterocycles. The molecule has 5 rings (SSSR count). The highest BCUT2D eigenvalue weighted by Gasteiger charge is 2.42. The van der Waals surface area contributed by atoms with Gasteiger partial charge in [-0.05, 0) is 44.6 Å². The second kappa shape index (κ2) is 9.67. The van der Waals surface area contributed by atoms with Crippen molar-refractivity contribution in [2.24, 2.45) is 0 Å². The van der Waals surface area contributed by atoms with Crippen molar-refractivity contribution in [1.29, 1.82) is 0 Å². The van der Waals surface area contributed by atoms with Crippen molar-refractivity contribution in [3.05, 3.63) is 53.1 Å². The molecule has 2 saturated heterocycles. The van der Waals surface area contributed by atoms with Gasteiger partial charge in [0.2, 0.25) is 15.9 Å². The van der Waals surface area contributed by atoms with E-state index in [2.05, 4.69) is 33.8 Å². The predicted octanol–water partition coefficient (Wildman–Crippen LogP) is 2.94. The smallest absolute Gasteiger partial charge is 0.217 e. The third-order valence-electron chi connectivity index (χ3n) is 8.14. The molecule has 0 spiro atoms. The number of aromatic nitrogens is 2. The lowest BCUT2D eigenvalue weighted by Crippen LogP contribution is -2.45. The fourth-order valence-electron chi connectivity index (χ4n) is 6.61.